The van der Waals surface area contributed by atoms with E-state index in [1.807, 2.05) is 11.5 Å². The van der Waals surface area contributed by atoms with E-state index >= 15 is 0 Å². The number of carbonyl (C=O) groups excluding carboxylic acids is 1. The summed E-state index contributed by atoms with van der Waals surface area (Å²) in [6.45, 7) is 4.44. The maximum atomic E-state index is 12.4. The van der Waals surface area contributed by atoms with E-state index in [-0.39, 0.29) is 10.8 Å². The van der Waals surface area contributed by atoms with Crippen molar-refractivity contribution >= 4 is 33.4 Å². The quantitative estimate of drug-likeness (QED) is 0.731. The largest absolute Gasteiger partial charge is 0.325 e. The van der Waals surface area contributed by atoms with Crippen molar-refractivity contribution in [2.24, 2.45) is 0 Å². The molecular formula is C15H21N5O3S2. The van der Waals surface area contributed by atoms with E-state index < -0.39 is 15.3 Å². The van der Waals surface area contributed by atoms with Crippen LogP contribution in [0.3, 0.4) is 0 Å². The molecule has 1 aromatic heterocycles. The van der Waals surface area contributed by atoms with Gasteiger partial charge in [-0.1, -0.05) is 17.8 Å². The van der Waals surface area contributed by atoms with Crippen LogP contribution in [-0.2, 0) is 21.4 Å². The van der Waals surface area contributed by atoms with E-state index in [0.717, 1.165) is 4.31 Å². The highest BCUT2D eigenvalue weighted by molar-refractivity contribution is 8.00. The van der Waals surface area contributed by atoms with E-state index in [1.165, 1.54) is 38.0 Å². The fourth-order valence-electron chi connectivity index (χ4n) is 1.95. The molecule has 1 atom stereocenters. The van der Waals surface area contributed by atoms with E-state index in [2.05, 4.69) is 15.5 Å². The van der Waals surface area contributed by atoms with Crippen LogP contribution in [0.25, 0.3) is 0 Å². The number of nitrogens with one attached hydrogen (secondary N) is 1. The fraction of sp³-hybridized carbons (Fsp3) is 0.400. The van der Waals surface area contributed by atoms with Crippen LogP contribution in [0, 0.1) is 0 Å². The Morgan fingerprint density at radius 1 is 1.40 bits per heavy atom. The van der Waals surface area contributed by atoms with Crippen LogP contribution < -0.4 is 5.32 Å². The summed E-state index contributed by atoms with van der Waals surface area (Å²) in [5, 5.41) is 10.8. The van der Waals surface area contributed by atoms with Gasteiger partial charge in [-0.25, -0.2) is 12.7 Å². The number of aromatic nitrogens is 3. The number of hydrogen-bond donors (Lipinski definition) is 1. The Bertz CT molecular complexity index is 848. The van der Waals surface area contributed by atoms with Crippen LogP contribution in [0.4, 0.5) is 5.69 Å². The number of carbonyl (C=O) groups is 1. The monoisotopic (exact) mass is 383 g/mol. The van der Waals surface area contributed by atoms with Crippen LogP contribution in [0.2, 0.25) is 0 Å². The van der Waals surface area contributed by atoms with Gasteiger partial charge in [0.15, 0.2) is 5.16 Å². The molecule has 25 heavy (non-hydrogen) atoms. The van der Waals surface area contributed by atoms with Gasteiger partial charge in [-0.15, -0.1) is 10.2 Å². The molecule has 1 heterocycles. The lowest BCUT2D eigenvalue weighted by Gasteiger charge is -2.14. The van der Waals surface area contributed by atoms with E-state index in [0.29, 0.717) is 17.4 Å². The Labute approximate surface area is 151 Å². The zero-order valence-corrected chi connectivity index (χ0v) is 16.1. The second-order valence-electron chi connectivity index (χ2n) is 5.46. The van der Waals surface area contributed by atoms with Crippen LogP contribution in [0.1, 0.15) is 13.8 Å². The first-order chi connectivity index (χ1) is 11.8. The van der Waals surface area contributed by atoms with Crippen molar-refractivity contribution in [3.63, 3.8) is 0 Å². The van der Waals surface area contributed by atoms with E-state index in [9.17, 15) is 13.2 Å². The highest BCUT2D eigenvalue weighted by atomic mass is 32.2. The number of aryl methyl sites for hydroxylation is 1. The summed E-state index contributed by atoms with van der Waals surface area (Å²) < 4.78 is 27.3. The molecule has 1 aromatic carbocycles. The maximum Gasteiger partial charge on any atom is 0.242 e. The average Bonchev–Trinajstić information content (AvgIpc) is 3.02. The highest BCUT2D eigenvalue weighted by Gasteiger charge is 2.20. The fourth-order valence-corrected chi connectivity index (χ4v) is 3.79. The topological polar surface area (TPSA) is 97.2 Å². The number of anilines is 1. The third kappa shape index (κ3) is 4.59. The lowest BCUT2D eigenvalue weighted by Crippen LogP contribution is -2.24. The molecule has 1 amide bonds. The van der Waals surface area contributed by atoms with Gasteiger partial charge in [0, 0.05) is 26.3 Å². The van der Waals surface area contributed by atoms with Gasteiger partial charge in [-0.3, -0.25) is 4.79 Å². The second kappa shape index (κ2) is 7.98. The minimum Gasteiger partial charge on any atom is -0.325 e. The van der Waals surface area contributed by atoms with Gasteiger partial charge < -0.3 is 9.88 Å². The van der Waals surface area contributed by atoms with Crippen molar-refractivity contribution in [2.75, 3.05) is 19.4 Å². The lowest BCUT2D eigenvalue weighted by atomic mass is 10.3. The van der Waals surface area contributed by atoms with Crippen LogP contribution >= 0.6 is 11.8 Å². The first-order valence-electron chi connectivity index (χ1n) is 7.63. The summed E-state index contributed by atoms with van der Waals surface area (Å²) in [7, 11) is -0.627. The zero-order valence-electron chi connectivity index (χ0n) is 14.5. The molecule has 1 N–H and O–H groups in total. The Balaban J connectivity index is 2.10. The lowest BCUT2D eigenvalue weighted by molar-refractivity contribution is -0.115. The summed E-state index contributed by atoms with van der Waals surface area (Å²) in [6.07, 6.45) is 1.61. The molecule has 0 aliphatic rings. The first-order valence-corrected chi connectivity index (χ1v) is 9.95. The number of amides is 1. The number of nitrogens with zero attached hydrogens (tertiary/aromatic N) is 4. The predicted molar refractivity (Wildman–Crippen MR) is 97.0 cm³/mol. The highest BCUT2D eigenvalue weighted by Crippen LogP contribution is 2.23. The maximum absolute atomic E-state index is 12.4. The third-order valence-corrected chi connectivity index (χ3v) is 6.36. The van der Waals surface area contributed by atoms with E-state index in [4.69, 9.17) is 0 Å². The zero-order chi connectivity index (χ0) is 18.6. The summed E-state index contributed by atoms with van der Waals surface area (Å²) >= 11 is 1.29. The predicted octanol–water partition coefficient (Wildman–Crippen LogP) is 1.67. The molecule has 2 aromatic rings. The van der Waals surface area contributed by atoms with Crippen LogP contribution in [-0.4, -0.2) is 52.7 Å². The molecule has 0 aliphatic carbocycles. The van der Waals surface area contributed by atoms with Crippen molar-refractivity contribution < 1.29 is 13.2 Å². The Morgan fingerprint density at radius 3 is 2.76 bits per heavy atom. The molecule has 0 fully saturated rings. The van der Waals surface area contributed by atoms with Crippen molar-refractivity contribution in [3.05, 3.63) is 30.6 Å². The first kappa shape index (κ1) is 19.4. The van der Waals surface area contributed by atoms with Crippen LogP contribution in [0.15, 0.2) is 40.6 Å². The number of sulfonamides is 1. The van der Waals surface area contributed by atoms with Gasteiger partial charge in [-0.05, 0) is 32.0 Å². The third-order valence-electron chi connectivity index (χ3n) is 3.45. The van der Waals surface area contributed by atoms with Crippen molar-refractivity contribution in [2.45, 2.75) is 35.7 Å². The SMILES string of the molecule is CCn1cnnc1S[C@H](C)C(=O)Nc1cccc(S(=O)(=O)N(C)C)c1. The summed E-state index contributed by atoms with van der Waals surface area (Å²) in [5.41, 5.74) is 0.428. The number of rotatable bonds is 7. The number of thioether (sulfide) groups is 1. The molecule has 8 nitrogen and oxygen atoms in total. The van der Waals surface area contributed by atoms with Crippen molar-refractivity contribution in [1.29, 1.82) is 0 Å². The summed E-state index contributed by atoms with van der Waals surface area (Å²) in [6, 6.07) is 6.18. The van der Waals surface area contributed by atoms with Gasteiger partial charge in [0.1, 0.15) is 6.33 Å². The van der Waals surface area contributed by atoms with Gasteiger partial charge in [-0.2, -0.15) is 0 Å². The minimum atomic E-state index is -3.55. The van der Waals surface area contributed by atoms with Gasteiger partial charge in [0.2, 0.25) is 15.9 Å². The Hall–Kier alpha value is -1.91. The molecule has 0 spiro atoms. The average molecular weight is 383 g/mol. The molecule has 0 saturated carbocycles. The molecule has 10 heteroatoms. The van der Waals surface area contributed by atoms with Crippen LogP contribution in [0.5, 0.6) is 0 Å². The number of benzene rings is 1. The van der Waals surface area contributed by atoms with E-state index in [1.54, 1.807) is 25.4 Å². The summed E-state index contributed by atoms with van der Waals surface area (Å²) in [5.74, 6) is -0.241. The number of hydrogen-bond acceptors (Lipinski definition) is 6. The van der Waals surface area contributed by atoms with Gasteiger partial charge in [0.05, 0.1) is 10.1 Å². The normalized spacial score (nSPS) is 13.0. The minimum absolute atomic E-state index is 0.126. The Kier molecular flexibility index (Phi) is 6.20. The van der Waals surface area contributed by atoms with Crippen molar-refractivity contribution in [3.8, 4) is 0 Å². The molecule has 0 bridgehead atoms. The smallest absolute Gasteiger partial charge is 0.242 e. The molecule has 0 aliphatic heterocycles. The Morgan fingerprint density at radius 2 is 2.12 bits per heavy atom. The standard InChI is InChI=1S/C15H21N5O3S2/c1-5-20-10-16-18-15(20)24-11(2)14(21)17-12-7-6-8-13(9-12)25(22,23)19(3)4/h6-11H,5H2,1-4H3,(H,17,21)/t11-/m1/s1. The molecule has 2 rings (SSSR count). The van der Waals surface area contributed by atoms with Gasteiger partial charge in [0.25, 0.3) is 0 Å². The molecular weight excluding hydrogens is 362 g/mol. The van der Waals surface area contributed by atoms with Gasteiger partial charge >= 0.3 is 0 Å². The molecule has 0 unspecified atom stereocenters. The molecule has 0 radical (unpaired) electrons. The van der Waals surface area contributed by atoms with Crippen molar-refractivity contribution in [1.82, 2.24) is 19.1 Å². The molecule has 136 valence electrons. The molecule has 0 saturated heterocycles. The second-order valence-corrected chi connectivity index (χ2v) is 8.92. The summed E-state index contributed by atoms with van der Waals surface area (Å²) in [4.78, 5) is 12.5.